The summed E-state index contributed by atoms with van der Waals surface area (Å²) < 4.78 is 9.81. The highest BCUT2D eigenvalue weighted by atomic mass is 16.5. The van der Waals surface area contributed by atoms with Crippen molar-refractivity contribution in [2.45, 2.75) is 25.9 Å². The van der Waals surface area contributed by atoms with Gasteiger partial charge in [0.15, 0.2) is 6.61 Å². The maximum atomic E-state index is 12.5. The lowest BCUT2D eigenvalue weighted by atomic mass is 10.2. The van der Waals surface area contributed by atoms with E-state index in [9.17, 15) is 24.3 Å². The number of hydrogen-bond donors (Lipinski definition) is 1. The number of esters is 2. The molecule has 0 bridgehead atoms. The fraction of sp³-hybridized carbons (Fsp3) is 0.529. The molecule has 0 aromatic rings. The first-order valence-electron chi connectivity index (χ1n) is 7.75. The van der Waals surface area contributed by atoms with Gasteiger partial charge in [0, 0.05) is 11.1 Å². The number of nitrogens with zero attached hydrogens (tertiary/aromatic N) is 1. The average molecular weight is 370 g/mol. The van der Waals surface area contributed by atoms with Gasteiger partial charge in [-0.2, -0.15) is 0 Å². The summed E-state index contributed by atoms with van der Waals surface area (Å²) in [6.45, 7) is 8.78. The van der Waals surface area contributed by atoms with Crippen molar-refractivity contribution in [3.63, 3.8) is 0 Å². The Bertz CT molecular complexity index is 605. The number of hydrogen-bond acceptors (Lipinski definition) is 7. The molecule has 0 heterocycles. The highest BCUT2D eigenvalue weighted by Crippen LogP contribution is 2.07. The highest BCUT2D eigenvalue weighted by molar-refractivity contribution is 5.89. The van der Waals surface area contributed by atoms with Gasteiger partial charge < -0.3 is 29.2 Å². The Hall–Kier alpha value is -2.68. The number of aliphatic carboxylic acids is 1. The van der Waals surface area contributed by atoms with Crippen LogP contribution in [0.3, 0.4) is 0 Å². The SMILES string of the molecule is C=C(C)C(=O)OC[C@H](NC(=O)[C@H](COC(=O)C(=C)C)[N+](C)(C)C)C(=O)[O-]. The molecule has 2 atom stereocenters. The van der Waals surface area contributed by atoms with Gasteiger partial charge in [0.05, 0.1) is 27.1 Å². The maximum Gasteiger partial charge on any atom is 0.333 e. The molecule has 0 spiro atoms. The monoisotopic (exact) mass is 370 g/mol. The van der Waals surface area contributed by atoms with Crippen molar-refractivity contribution in [1.82, 2.24) is 5.32 Å². The van der Waals surface area contributed by atoms with E-state index < -0.39 is 42.5 Å². The molecular weight excluding hydrogens is 344 g/mol. The minimum atomic E-state index is -1.62. The van der Waals surface area contributed by atoms with Crippen molar-refractivity contribution in [3.8, 4) is 0 Å². The van der Waals surface area contributed by atoms with Gasteiger partial charge in [-0.25, -0.2) is 9.59 Å². The van der Waals surface area contributed by atoms with E-state index in [1.807, 2.05) is 0 Å². The maximum absolute atomic E-state index is 12.5. The molecule has 0 saturated heterocycles. The van der Waals surface area contributed by atoms with Gasteiger partial charge in [-0.05, 0) is 13.8 Å². The molecule has 0 aromatic carbocycles. The normalized spacial score (nSPS) is 13.1. The number of rotatable bonds is 10. The van der Waals surface area contributed by atoms with Crippen LogP contribution in [0, 0.1) is 0 Å². The molecule has 1 N–H and O–H groups in total. The number of amides is 1. The Labute approximate surface area is 152 Å². The molecule has 9 heteroatoms. The van der Waals surface area contributed by atoms with E-state index in [2.05, 4.69) is 18.5 Å². The quantitative estimate of drug-likeness (QED) is 0.283. The second-order valence-corrected chi connectivity index (χ2v) is 6.77. The molecular formula is C17H26N2O7. The van der Waals surface area contributed by atoms with Crippen molar-refractivity contribution in [2.75, 3.05) is 34.4 Å². The van der Waals surface area contributed by atoms with Gasteiger partial charge in [-0.15, -0.1) is 0 Å². The molecule has 146 valence electrons. The van der Waals surface area contributed by atoms with E-state index in [-0.39, 0.29) is 22.2 Å². The Morgan fingerprint density at radius 2 is 1.38 bits per heavy atom. The van der Waals surface area contributed by atoms with Crippen LogP contribution in [-0.4, -0.2) is 74.7 Å². The summed E-state index contributed by atoms with van der Waals surface area (Å²) in [5, 5.41) is 13.4. The fourth-order valence-electron chi connectivity index (χ4n) is 1.65. The van der Waals surface area contributed by atoms with Gasteiger partial charge >= 0.3 is 11.9 Å². The van der Waals surface area contributed by atoms with Crippen LogP contribution in [0.5, 0.6) is 0 Å². The molecule has 0 rings (SSSR count). The fourth-order valence-corrected chi connectivity index (χ4v) is 1.65. The molecule has 0 aliphatic carbocycles. The zero-order chi connectivity index (χ0) is 20.7. The van der Waals surface area contributed by atoms with Crippen LogP contribution in [0.2, 0.25) is 0 Å². The van der Waals surface area contributed by atoms with Crippen molar-refractivity contribution in [3.05, 3.63) is 24.3 Å². The number of nitrogens with one attached hydrogen (secondary N) is 1. The third-order valence-corrected chi connectivity index (χ3v) is 3.29. The first-order chi connectivity index (χ1) is 11.8. The van der Waals surface area contributed by atoms with Gasteiger partial charge in [-0.3, -0.25) is 4.79 Å². The Morgan fingerprint density at radius 1 is 0.962 bits per heavy atom. The van der Waals surface area contributed by atoms with Crippen LogP contribution < -0.4 is 10.4 Å². The lowest BCUT2D eigenvalue weighted by Gasteiger charge is -2.33. The predicted octanol–water partition coefficient (Wildman–Crippen LogP) is -1.47. The summed E-state index contributed by atoms with van der Waals surface area (Å²) in [5.41, 5.74) is 0.259. The van der Waals surface area contributed by atoms with Crippen molar-refractivity contribution in [1.29, 1.82) is 0 Å². The molecule has 9 nitrogen and oxygen atoms in total. The van der Waals surface area contributed by atoms with Crippen molar-refractivity contribution >= 4 is 23.8 Å². The summed E-state index contributed by atoms with van der Waals surface area (Å²) in [5.74, 6) is -3.77. The minimum absolute atomic E-state index is 0.0562. The standard InChI is InChI=1S/C17H26N2O7/c1-10(2)16(23)25-8-12(15(21)22)18-14(20)13(19(5,6)7)9-26-17(24)11(3)4/h12-13H,1,3,8-9H2,2,4-7H3,(H-,18,20,21,22)/t12-,13-/m0/s1. The lowest BCUT2D eigenvalue weighted by Crippen LogP contribution is -2.60. The largest absolute Gasteiger partial charge is 0.548 e. The van der Waals surface area contributed by atoms with Crippen LogP contribution in [0.4, 0.5) is 0 Å². The zero-order valence-corrected chi connectivity index (χ0v) is 15.8. The van der Waals surface area contributed by atoms with E-state index in [0.717, 1.165) is 0 Å². The molecule has 0 unspecified atom stereocenters. The Balaban J connectivity index is 5.09. The van der Waals surface area contributed by atoms with Crippen molar-refractivity contribution in [2.24, 2.45) is 0 Å². The molecule has 0 aromatic heterocycles. The second kappa shape index (κ2) is 9.71. The molecule has 1 amide bonds. The van der Waals surface area contributed by atoms with Crippen molar-refractivity contribution < 1.29 is 38.2 Å². The van der Waals surface area contributed by atoms with E-state index in [1.165, 1.54) is 13.8 Å². The van der Waals surface area contributed by atoms with E-state index in [0.29, 0.717) is 0 Å². The molecule has 0 aliphatic rings. The van der Waals surface area contributed by atoms with Gasteiger partial charge in [-0.1, -0.05) is 13.2 Å². The van der Waals surface area contributed by atoms with E-state index in [4.69, 9.17) is 9.47 Å². The molecule has 26 heavy (non-hydrogen) atoms. The van der Waals surface area contributed by atoms with Crippen LogP contribution in [0.25, 0.3) is 0 Å². The molecule has 0 fully saturated rings. The van der Waals surface area contributed by atoms with Gasteiger partial charge in [0.25, 0.3) is 5.91 Å². The van der Waals surface area contributed by atoms with Crippen LogP contribution >= 0.6 is 0 Å². The summed E-state index contributed by atoms with van der Waals surface area (Å²) in [6, 6.07) is -2.46. The number of quaternary nitrogens is 1. The van der Waals surface area contributed by atoms with Gasteiger partial charge in [0.2, 0.25) is 6.04 Å². The summed E-state index contributed by atoms with van der Waals surface area (Å²) in [7, 11) is 5.02. The van der Waals surface area contributed by atoms with Crippen LogP contribution in [-0.2, 0) is 28.7 Å². The molecule has 0 aliphatic heterocycles. The first-order valence-corrected chi connectivity index (χ1v) is 7.75. The van der Waals surface area contributed by atoms with Gasteiger partial charge in [0.1, 0.15) is 12.6 Å². The van der Waals surface area contributed by atoms with Crippen LogP contribution in [0.1, 0.15) is 13.8 Å². The smallest absolute Gasteiger partial charge is 0.333 e. The van der Waals surface area contributed by atoms with E-state index in [1.54, 1.807) is 21.1 Å². The number of ether oxygens (including phenoxy) is 2. The second-order valence-electron chi connectivity index (χ2n) is 6.77. The average Bonchev–Trinajstić information content (AvgIpc) is 2.48. The van der Waals surface area contributed by atoms with E-state index >= 15 is 0 Å². The summed E-state index contributed by atoms with van der Waals surface area (Å²) in [4.78, 5) is 46.6. The third-order valence-electron chi connectivity index (χ3n) is 3.29. The lowest BCUT2D eigenvalue weighted by molar-refractivity contribution is -0.886. The topological polar surface area (TPSA) is 122 Å². The molecule has 0 radical (unpaired) electrons. The van der Waals surface area contributed by atoms with Crippen LogP contribution in [0.15, 0.2) is 24.3 Å². The Morgan fingerprint density at radius 3 is 1.73 bits per heavy atom. The minimum Gasteiger partial charge on any atom is -0.548 e. The first kappa shape index (κ1) is 23.3. The molecule has 0 saturated carbocycles. The third kappa shape index (κ3) is 7.93. The Kier molecular flexibility index (Phi) is 8.71. The number of carboxylic acids is 1. The number of carbonyl (C=O) groups excluding carboxylic acids is 4. The number of carboxylic acid groups (broad SMARTS) is 1. The summed E-state index contributed by atoms with van der Waals surface area (Å²) in [6.07, 6.45) is 0. The highest BCUT2D eigenvalue weighted by Gasteiger charge is 2.34. The number of carbonyl (C=O) groups is 4. The summed E-state index contributed by atoms with van der Waals surface area (Å²) >= 11 is 0. The predicted molar refractivity (Wildman–Crippen MR) is 90.3 cm³/mol. The number of likely N-dealkylation sites (N-methyl/N-ethyl adjacent to an activating group) is 1. The zero-order valence-electron chi connectivity index (χ0n) is 15.8.